The molecule has 1 saturated carbocycles. The van der Waals surface area contributed by atoms with E-state index in [0.717, 1.165) is 37.4 Å². The van der Waals surface area contributed by atoms with Crippen molar-refractivity contribution in [1.82, 2.24) is 5.31 Å². The number of hydrogen-bond acceptors (Lipinski definition) is 7. The summed E-state index contributed by atoms with van der Waals surface area (Å²) in [6, 6.07) is -0.208. The third-order valence-electron chi connectivity index (χ3n) is 3.52. The molecule has 0 heterocycles. The topological polar surface area (TPSA) is 133 Å². The monoisotopic (exact) mass is 280 g/mol. The summed E-state index contributed by atoms with van der Waals surface area (Å²) in [7, 11) is 0. The molecule has 0 saturated heterocycles. The van der Waals surface area contributed by atoms with Crippen molar-refractivity contribution >= 4 is 0 Å². The highest BCUT2D eigenvalue weighted by atomic mass is 16.4. The first-order chi connectivity index (χ1) is 9.40. The summed E-state index contributed by atoms with van der Waals surface area (Å²) in [4.78, 5) is 0. The average Bonchev–Trinajstić information content (AvgIpc) is 2.51. The van der Waals surface area contributed by atoms with E-state index in [0.29, 0.717) is 0 Å². The van der Waals surface area contributed by atoms with Crippen molar-refractivity contribution in [1.29, 1.82) is 0 Å². The van der Waals surface area contributed by atoms with Crippen LogP contribution in [0.1, 0.15) is 32.1 Å². The Morgan fingerprint density at radius 1 is 0.947 bits per heavy atom. The van der Waals surface area contributed by atoms with Crippen LogP contribution in [0, 0.1) is 0 Å². The third kappa shape index (κ3) is 4.96. The van der Waals surface area contributed by atoms with Gasteiger partial charge in [0, 0.05) is 6.04 Å². The van der Waals surface area contributed by atoms with E-state index in [1.165, 1.54) is 0 Å². The van der Waals surface area contributed by atoms with Crippen LogP contribution in [0.2, 0.25) is 1.41 Å². The molecule has 1 aliphatic rings. The molecule has 0 amide bonds. The maximum atomic E-state index is 9.89. The highest BCUT2D eigenvalue weighted by molar-refractivity contribution is 4.85. The standard InChI is InChI=1S/C12H25NO6/c14-6-8(15)9(16)10(17)11(18)12(19)13-7-4-2-1-3-5-7/h7-19H,1-6H2/t8-,9-,10+,11-,12?/m1/s1/i/hD. The average molecular weight is 280 g/mol. The van der Waals surface area contributed by atoms with Gasteiger partial charge >= 0.3 is 0 Å². The number of aliphatic hydroxyl groups excluding tert-OH is 6. The molecule has 0 spiro atoms. The number of aliphatic hydroxyl groups is 6. The molecular formula is C12H25NO6. The van der Waals surface area contributed by atoms with Gasteiger partial charge in [-0.3, -0.25) is 5.31 Å². The summed E-state index contributed by atoms with van der Waals surface area (Å²) in [6.45, 7) is -0.783. The van der Waals surface area contributed by atoms with Crippen molar-refractivity contribution in [3.63, 3.8) is 0 Å². The molecule has 5 atom stereocenters. The van der Waals surface area contributed by atoms with E-state index in [9.17, 15) is 25.5 Å². The van der Waals surface area contributed by atoms with Crippen molar-refractivity contribution in [3.8, 4) is 0 Å². The largest absolute Gasteiger partial charge is 0.394 e. The second kappa shape index (κ2) is 8.11. The van der Waals surface area contributed by atoms with E-state index in [4.69, 9.17) is 6.52 Å². The number of hydrogen-bond donors (Lipinski definition) is 7. The molecule has 1 unspecified atom stereocenters. The predicted molar refractivity (Wildman–Crippen MR) is 67.1 cm³/mol. The fourth-order valence-corrected chi connectivity index (χ4v) is 2.25. The maximum Gasteiger partial charge on any atom is 0.134 e. The molecule has 0 aliphatic heterocycles. The molecule has 114 valence electrons. The van der Waals surface area contributed by atoms with Crippen molar-refractivity contribution in [2.75, 3.05) is 6.61 Å². The molecule has 0 aromatic heterocycles. The van der Waals surface area contributed by atoms with Crippen LogP contribution in [0.3, 0.4) is 0 Å². The molecule has 7 N–H and O–H groups in total. The normalized spacial score (nSPS) is 26.6. The Hall–Kier alpha value is -0.280. The molecule has 0 aromatic rings. The van der Waals surface area contributed by atoms with E-state index >= 15 is 0 Å². The lowest BCUT2D eigenvalue weighted by molar-refractivity contribution is -0.146. The van der Waals surface area contributed by atoms with Gasteiger partial charge < -0.3 is 30.6 Å². The lowest BCUT2D eigenvalue weighted by Crippen LogP contribution is -2.55. The lowest BCUT2D eigenvalue weighted by Gasteiger charge is -2.32. The predicted octanol–water partition coefficient (Wildman–Crippen LogP) is -2.34. The molecule has 7 nitrogen and oxygen atoms in total. The lowest BCUT2D eigenvalue weighted by atomic mass is 9.94. The Bertz CT molecular complexity index is 267. The van der Waals surface area contributed by atoms with Gasteiger partial charge in [0.25, 0.3) is 0 Å². The second-order valence-electron chi connectivity index (χ2n) is 5.08. The first-order valence-electron chi connectivity index (χ1n) is 7.13. The minimum atomic E-state index is -1.86. The maximum absolute atomic E-state index is 9.89. The summed E-state index contributed by atoms with van der Waals surface area (Å²) in [5.74, 6) is 0. The van der Waals surface area contributed by atoms with Crippen LogP contribution >= 0.6 is 0 Å². The molecule has 0 radical (unpaired) electrons. The summed E-state index contributed by atoms with van der Waals surface area (Å²) in [6.07, 6.45) is -4.36. The summed E-state index contributed by atoms with van der Waals surface area (Å²) in [5.41, 5.74) is 0. The van der Waals surface area contributed by atoms with Crippen LogP contribution in [-0.4, -0.2) is 73.9 Å². The first-order valence-corrected chi connectivity index (χ1v) is 6.68. The van der Waals surface area contributed by atoms with Crippen molar-refractivity contribution in [2.24, 2.45) is 0 Å². The van der Waals surface area contributed by atoms with Gasteiger partial charge in [-0.2, -0.15) is 0 Å². The Morgan fingerprint density at radius 2 is 1.53 bits per heavy atom. The van der Waals surface area contributed by atoms with Crippen molar-refractivity contribution in [3.05, 3.63) is 0 Å². The zero-order valence-electron chi connectivity index (χ0n) is 11.8. The number of rotatable bonds is 7. The summed E-state index contributed by atoms with van der Waals surface area (Å²) in [5, 5.41) is 57.5. The SMILES string of the molecule is [2H]N(C1CCCCC1)C(O)[C@H](O)[C@@H](O)[C@H](O)[C@H](O)CO. The molecule has 0 aromatic carbocycles. The Morgan fingerprint density at radius 3 is 2.05 bits per heavy atom. The first kappa shape index (κ1) is 15.1. The Kier molecular flexibility index (Phi) is 6.45. The van der Waals surface area contributed by atoms with Crippen LogP contribution in [0.15, 0.2) is 0 Å². The fourth-order valence-electron chi connectivity index (χ4n) is 2.25. The van der Waals surface area contributed by atoms with Crippen LogP contribution < -0.4 is 5.31 Å². The second-order valence-corrected chi connectivity index (χ2v) is 5.08. The van der Waals surface area contributed by atoms with E-state index in [1.54, 1.807) is 0 Å². The fraction of sp³-hybridized carbons (Fsp3) is 1.00. The van der Waals surface area contributed by atoms with Crippen LogP contribution in [0.25, 0.3) is 0 Å². The summed E-state index contributed by atoms with van der Waals surface area (Å²) >= 11 is 0. The van der Waals surface area contributed by atoms with E-state index in [-0.39, 0.29) is 6.04 Å². The minimum Gasteiger partial charge on any atom is -0.394 e. The van der Waals surface area contributed by atoms with Crippen LogP contribution in [-0.2, 0) is 0 Å². The van der Waals surface area contributed by atoms with Gasteiger partial charge in [-0.15, -0.1) is 0 Å². The van der Waals surface area contributed by atoms with E-state index < -0.39 is 37.3 Å². The molecule has 0 bridgehead atoms. The van der Waals surface area contributed by atoms with Gasteiger partial charge in [0.1, 0.15) is 32.1 Å². The molecule has 7 heteroatoms. The molecule has 1 fully saturated rings. The zero-order chi connectivity index (χ0) is 15.3. The van der Waals surface area contributed by atoms with Crippen molar-refractivity contribution in [2.45, 2.75) is 68.8 Å². The highest BCUT2D eigenvalue weighted by Crippen LogP contribution is 2.18. The third-order valence-corrected chi connectivity index (χ3v) is 3.52. The highest BCUT2D eigenvalue weighted by Gasteiger charge is 2.34. The summed E-state index contributed by atoms with van der Waals surface area (Å²) < 4.78 is 7.81. The zero-order valence-corrected chi connectivity index (χ0v) is 10.8. The van der Waals surface area contributed by atoms with E-state index in [2.05, 4.69) is 0 Å². The van der Waals surface area contributed by atoms with Gasteiger partial charge in [0.05, 0.1) is 6.61 Å². The van der Waals surface area contributed by atoms with Gasteiger partial charge in [0.2, 0.25) is 0 Å². The molecule has 1 rings (SSSR count). The van der Waals surface area contributed by atoms with Crippen molar-refractivity contribution < 1.29 is 32.1 Å². The minimum absolute atomic E-state index is 0.208. The van der Waals surface area contributed by atoms with E-state index in [1.807, 2.05) is 0 Å². The molecule has 19 heavy (non-hydrogen) atoms. The van der Waals surface area contributed by atoms with Gasteiger partial charge in [0.15, 0.2) is 0 Å². The van der Waals surface area contributed by atoms with Gasteiger partial charge in [-0.25, -0.2) is 0 Å². The quantitative estimate of drug-likeness (QED) is 0.260. The van der Waals surface area contributed by atoms with Gasteiger partial charge in [-0.1, -0.05) is 19.3 Å². The molecular weight excluding hydrogens is 254 g/mol. The van der Waals surface area contributed by atoms with Crippen LogP contribution in [0.5, 0.6) is 0 Å². The van der Waals surface area contributed by atoms with Crippen LogP contribution in [0.4, 0.5) is 0 Å². The smallest absolute Gasteiger partial charge is 0.134 e. The Balaban J connectivity index is 2.57. The molecule has 1 aliphatic carbocycles. The Labute approximate surface area is 114 Å². The van der Waals surface area contributed by atoms with Gasteiger partial charge in [-0.05, 0) is 12.8 Å². The number of nitrogens with one attached hydrogen (secondary N) is 1.